The second-order valence-corrected chi connectivity index (χ2v) is 7.75. The molecule has 0 aliphatic heterocycles. The van der Waals surface area contributed by atoms with Gasteiger partial charge in [0.25, 0.3) is 0 Å². The first kappa shape index (κ1) is 15.9. The molecule has 2 atom stereocenters. The summed E-state index contributed by atoms with van der Waals surface area (Å²) in [4.78, 5) is 0. The summed E-state index contributed by atoms with van der Waals surface area (Å²) in [6, 6.07) is 0. The van der Waals surface area contributed by atoms with Gasteiger partial charge in [-0.15, -0.1) is 0 Å². The normalized spacial score (nSPS) is 25.2. The molecule has 0 bridgehead atoms. The smallest absolute Gasteiger partial charge is 0.150 e. The second-order valence-electron chi connectivity index (χ2n) is 5.28. The van der Waals surface area contributed by atoms with Gasteiger partial charge in [0.05, 0.1) is 5.75 Å². The lowest BCUT2D eigenvalue weighted by Gasteiger charge is -2.30. The molecule has 1 aliphatic carbocycles. The molecule has 0 saturated heterocycles. The zero-order chi connectivity index (χ0) is 13.4. The Bertz CT molecular complexity index is 316. The zero-order valence-corrected chi connectivity index (χ0v) is 12.2. The summed E-state index contributed by atoms with van der Waals surface area (Å²) in [6.07, 6.45) is 5.49. The van der Waals surface area contributed by atoms with Crippen LogP contribution in [0.3, 0.4) is 0 Å². The van der Waals surface area contributed by atoms with Crippen LogP contribution < -0.4 is 5.32 Å². The molecule has 1 rings (SSSR count). The molecule has 2 N–H and O–H groups in total. The van der Waals surface area contributed by atoms with Gasteiger partial charge in [-0.1, -0.05) is 19.8 Å². The molecule has 18 heavy (non-hydrogen) atoms. The van der Waals surface area contributed by atoms with Crippen LogP contribution in [-0.4, -0.2) is 44.7 Å². The minimum absolute atomic E-state index is 0.238. The van der Waals surface area contributed by atoms with Gasteiger partial charge in [-0.05, 0) is 44.2 Å². The second kappa shape index (κ2) is 8.12. The molecule has 1 saturated carbocycles. The van der Waals surface area contributed by atoms with Crippen LogP contribution in [0.1, 0.15) is 39.0 Å². The van der Waals surface area contributed by atoms with Crippen molar-refractivity contribution >= 4 is 9.84 Å². The third kappa shape index (κ3) is 5.67. The first-order valence-corrected chi connectivity index (χ1v) is 8.93. The monoisotopic (exact) mass is 277 g/mol. The third-order valence-corrected chi connectivity index (χ3v) is 5.75. The Hall–Kier alpha value is -0.130. The van der Waals surface area contributed by atoms with E-state index in [2.05, 4.69) is 5.32 Å². The van der Waals surface area contributed by atoms with E-state index >= 15 is 0 Å². The van der Waals surface area contributed by atoms with Crippen LogP contribution in [0.15, 0.2) is 0 Å². The fourth-order valence-electron chi connectivity index (χ4n) is 2.64. The molecule has 1 fully saturated rings. The highest BCUT2D eigenvalue weighted by atomic mass is 32.2. The highest BCUT2D eigenvalue weighted by molar-refractivity contribution is 7.91. The number of nitrogens with one attached hydrogen (secondary N) is 1. The average molecular weight is 277 g/mol. The molecule has 0 heterocycles. The number of rotatable bonds is 8. The maximum atomic E-state index is 11.3. The Kier molecular flexibility index (Phi) is 7.19. The van der Waals surface area contributed by atoms with E-state index in [9.17, 15) is 13.5 Å². The largest absolute Gasteiger partial charge is 0.396 e. The van der Waals surface area contributed by atoms with Crippen molar-refractivity contribution in [2.75, 3.05) is 31.2 Å². The van der Waals surface area contributed by atoms with Crippen molar-refractivity contribution in [3.63, 3.8) is 0 Å². The summed E-state index contributed by atoms with van der Waals surface area (Å²) in [6.45, 7) is 3.65. The van der Waals surface area contributed by atoms with Crippen LogP contribution in [0.25, 0.3) is 0 Å². The summed E-state index contributed by atoms with van der Waals surface area (Å²) >= 11 is 0. The fraction of sp³-hybridized carbons (Fsp3) is 1.00. The number of sulfone groups is 1. The minimum Gasteiger partial charge on any atom is -0.396 e. The molecule has 0 aromatic heterocycles. The molecule has 0 spiro atoms. The average Bonchev–Trinajstić information content (AvgIpc) is 2.38. The standard InChI is InChI=1S/C13H27NO3S/c1-2-18(16,17)9-5-8-14-10-12-6-3-4-7-13(12)11-15/h12-15H,2-11H2,1H3. The van der Waals surface area contributed by atoms with Crippen LogP contribution in [0, 0.1) is 11.8 Å². The van der Waals surface area contributed by atoms with Gasteiger partial charge < -0.3 is 10.4 Å². The van der Waals surface area contributed by atoms with Crippen molar-refractivity contribution in [2.45, 2.75) is 39.0 Å². The van der Waals surface area contributed by atoms with E-state index in [0.29, 0.717) is 18.3 Å². The maximum Gasteiger partial charge on any atom is 0.150 e. The topological polar surface area (TPSA) is 66.4 Å². The van der Waals surface area contributed by atoms with Gasteiger partial charge in [-0.3, -0.25) is 0 Å². The highest BCUT2D eigenvalue weighted by Crippen LogP contribution is 2.28. The van der Waals surface area contributed by atoms with Crippen LogP contribution in [0.4, 0.5) is 0 Å². The van der Waals surface area contributed by atoms with E-state index in [1.54, 1.807) is 6.92 Å². The van der Waals surface area contributed by atoms with E-state index in [1.807, 2.05) is 0 Å². The molecule has 0 amide bonds. The Morgan fingerprint density at radius 1 is 1.22 bits per heavy atom. The zero-order valence-electron chi connectivity index (χ0n) is 11.4. The molecule has 1 aliphatic rings. The van der Waals surface area contributed by atoms with Crippen molar-refractivity contribution in [3.05, 3.63) is 0 Å². The Balaban J connectivity index is 2.13. The third-order valence-electron chi connectivity index (χ3n) is 3.96. The summed E-state index contributed by atoms with van der Waals surface area (Å²) in [5.74, 6) is 1.52. The molecule has 0 aromatic carbocycles. The van der Waals surface area contributed by atoms with E-state index in [4.69, 9.17) is 0 Å². The summed E-state index contributed by atoms with van der Waals surface area (Å²) < 4.78 is 22.6. The van der Waals surface area contributed by atoms with Crippen molar-refractivity contribution in [1.82, 2.24) is 5.32 Å². The fourth-order valence-corrected chi connectivity index (χ4v) is 3.52. The van der Waals surface area contributed by atoms with Crippen LogP contribution >= 0.6 is 0 Å². The van der Waals surface area contributed by atoms with Gasteiger partial charge in [0.2, 0.25) is 0 Å². The lowest BCUT2D eigenvalue weighted by molar-refractivity contribution is 0.133. The van der Waals surface area contributed by atoms with Gasteiger partial charge >= 0.3 is 0 Å². The number of aliphatic hydroxyl groups excluding tert-OH is 1. The predicted molar refractivity (Wildman–Crippen MR) is 74.3 cm³/mol. The van der Waals surface area contributed by atoms with E-state index in [-0.39, 0.29) is 18.1 Å². The van der Waals surface area contributed by atoms with Crippen molar-refractivity contribution in [2.24, 2.45) is 11.8 Å². The maximum absolute atomic E-state index is 11.3. The molecular weight excluding hydrogens is 250 g/mol. The van der Waals surface area contributed by atoms with Gasteiger partial charge in [-0.25, -0.2) is 8.42 Å². The molecule has 5 heteroatoms. The van der Waals surface area contributed by atoms with Gasteiger partial charge in [0.15, 0.2) is 0 Å². The van der Waals surface area contributed by atoms with E-state index in [0.717, 1.165) is 19.5 Å². The molecule has 0 radical (unpaired) electrons. The summed E-state index contributed by atoms with van der Waals surface area (Å²) in [7, 11) is -2.82. The van der Waals surface area contributed by atoms with Crippen LogP contribution in [0.2, 0.25) is 0 Å². The Morgan fingerprint density at radius 2 is 1.89 bits per heavy atom. The van der Waals surface area contributed by atoms with E-state index < -0.39 is 9.84 Å². The van der Waals surface area contributed by atoms with Crippen LogP contribution in [0.5, 0.6) is 0 Å². The lowest BCUT2D eigenvalue weighted by atomic mass is 9.79. The molecular formula is C13H27NO3S. The van der Waals surface area contributed by atoms with Crippen molar-refractivity contribution in [1.29, 1.82) is 0 Å². The quantitative estimate of drug-likeness (QED) is 0.654. The first-order valence-electron chi connectivity index (χ1n) is 7.11. The minimum atomic E-state index is -2.82. The molecule has 108 valence electrons. The van der Waals surface area contributed by atoms with Crippen molar-refractivity contribution in [3.8, 4) is 0 Å². The summed E-state index contributed by atoms with van der Waals surface area (Å²) in [5, 5.41) is 12.6. The molecule has 0 aromatic rings. The Labute approximate surface area is 111 Å². The molecule has 4 nitrogen and oxygen atoms in total. The Morgan fingerprint density at radius 3 is 2.50 bits per heavy atom. The number of aliphatic hydroxyl groups is 1. The van der Waals surface area contributed by atoms with Crippen LogP contribution in [-0.2, 0) is 9.84 Å². The van der Waals surface area contributed by atoms with Crippen molar-refractivity contribution < 1.29 is 13.5 Å². The SMILES string of the molecule is CCS(=O)(=O)CCCNCC1CCCCC1CO. The number of hydrogen-bond donors (Lipinski definition) is 2. The first-order chi connectivity index (χ1) is 8.59. The lowest BCUT2D eigenvalue weighted by Crippen LogP contribution is -2.33. The van der Waals surface area contributed by atoms with Gasteiger partial charge in [0, 0.05) is 12.4 Å². The van der Waals surface area contributed by atoms with Gasteiger partial charge in [-0.2, -0.15) is 0 Å². The highest BCUT2D eigenvalue weighted by Gasteiger charge is 2.23. The molecule has 2 unspecified atom stereocenters. The van der Waals surface area contributed by atoms with Gasteiger partial charge in [0.1, 0.15) is 9.84 Å². The predicted octanol–water partition coefficient (Wildman–Crippen LogP) is 1.20. The number of hydrogen-bond acceptors (Lipinski definition) is 4. The summed E-state index contributed by atoms with van der Waals surface area (Å²) in [5.41, 5.74) is 0. The van der Waals surface area contributed by atoms with E-state index in [1.165, 1.54) is 19.3 Å².